The van der Waals surface area contributed by atoms with Crippen LogP contribution in [0.5, 0.6) is 0 Å². The zero-order valence-electron chi connectivity index (χ0n) is 10.3. The predicted molar refractivity (Wildman–Crippen MR) is 80.3 cm³/mol. The number of hydrogen-bond acceptors (Lipinski definition) is 3. The molecule has 0 amide bonds. The van der Waals surface area contributed by atoms with E-state index in [1.165, 1.54) is 26.9 Å². The van der Waals surface area contributed by atoms with E-state index in [2.05, 4.69) is 39.0 Å². The second kappa shape index (κ2) is 8.37. The fourth-order valence-corrected chi connectivity index (χ4v) is 3.94. The Morgan fingerprint density at radius 1 is 0.750 bits per heavy atom. The maximum absolute atomic E-state index is 2.33. The van der Waals surface area contributed by atoms with Crippen LogP contribution in [0, 0.1) is 0 Å². The molecule has 0 aliphatic carbocycles. The monoisotopic (exact) mass is 272 g/mol. The highest BCUT2D eigenvalue weighted by molar-refractivity contribution is 8.00. The third-order valence-corrected chi connectivity index (χ3v) is 4.85. The highest BCUT2D eigenvalue weighted by Crippen LogP contribution is 2.31. The average molecular weight is 273 g/mol. The maximum atomic E-state index is 2.33. The van der Waals surface area contributed by atoms with Crippen LogP contribution in [-0.4, -0.2) is 17.3 Å². The van der Waals surface area contributed by atoms with Crippen molar-refractivity contribution in [3.63, 3.8) is 0 Å². The Bertz CT molecular complexity index is 286. The van der Waals surface area contributed by atoms with Crippen LogP contribution in [0.25, 0.3) is 0 Å². The van der Waals surface area contributed by atoms with E-state index in [1.54, 1.807) is 0 Å². The van der Waals surface area contributed by atoms with Gasteiger partial charge in [0.25, 0.3) is 0 Å². The lowest BCUT2D eigenvalue weighted by Crippen LogP contribution is -1.82. The Morgan fingerprint density at radius 2 is 1.19 bits per heavy atom. The Kier molecular flexibility index (Phi) is 7.50. The number of thioether (sulfide) groups is 3. The zero-order chi connectivity index (χ0) is 11.8. The van der Waals surface area contributed by atoms with Gasteiger partial charge in [-0.2, -0.15) is 0 Å². The number of rotatable bonds is 7. The summed E-state index contributed by atoms with van der Waals surface area (Å²) in [6.45, 7) is 6.66. The van der Waals surface area contributed by atoms with E-state index in [0.717, 1.165) is 11.5 Å². The van der Waals surface area contributed by atoms with Crippen molar-refractivity contribution in [1.82, 2.24) is 0 Å². The third-order valence-electron chi connectivity index (χ3n) is 1.95. The molecular weight excluding hydrogens is 252 g/mol. The molecule has 0 radical (unpaired) electrons. The van der Waals surface area contributed by atoms with Crippen molar-refractivity contribution in [2.45, 2.75) is 41.9 Å². The molecule has 0 aromatic heterocycles. The van der Waals surface area contributed by atoms with Crippen molar-refractivity contribution in [2.75, 3.05) is 17.3 Å². The van der Waals surface area contributed by atoms with E-state index in [0.29, 0.717) is 0 Å². The van der Waals surface area contributed by atoms with Crippen LogP contribution in [-0.2, 0) is 0 Å². The summed E-state index contributed by atoms with van der Waals surface area (Å²) in [6, 6.07) is 6.97. The Morgan fingerprint density at radius 3 is 1.56 bits per heavy atom. The quantitative estimate of drug-likeness (QED) is 0.609. The van der Waals surface area contributed by atoms with E-state index in [1.807, 2.05) is 35.3 Å². The molecule has 0 fully saturated rings. The molecule has 0 N–H and O–H groups in total. The summed E-state index contributed by atoms with van der Waals surface area (Å²) in [5.41, 5.74) is 0. The molecule has 0 saturated heterocycles. The van der Waals surface area contributed by atoms with E-state index in [9.17, 15) is 0 Å². The minimum absolute atomic E-state index is 1.15. The number of hydrogen-bond donors (Lipinski definition) is 0. The minimum atomic E-state index is 1.15. The molecule has 0 saturated carbocycles. The SMILES string of the molecule is CCCSc1cc(SCC)cc(SCC)c1. The van der Waals surface area contributed by atoms with Gasteiger partial charge in [-0.3, -0.25) is 0 Å². The van der Waals surface area contributed by atoms with Crippen LogP contribution >= 0.6 is 35.3 Å². The Balaban J connectivity index is 2.80. The number of benzene rings is 1. The second-order valence-electron chi connectivity index (χ2n) is 3.35. The smallest absolute Gasteiger partial charge is 0.00942 e. The van der Waals surface area contributed by atoms with Crippen molar-refractivity contribution in [2.24, 2.45) is 0 Å². The van der Waals surface area contributed by atoms with Gasteiger partial charge in [-0.05, 0) is 41.9 Å². The van der Waals surface area contributed by atoms with Crippen LogP contribution in [0.1, 0.15) is 27.2 Å². The van der Waals surface area contributed by atoms with Crippen LogP contribution in [0.15, 0.2) is 32.9 Å². The van der Waals surface area contributed by atoms with Gasteiger partial charge in [-0.25, -0.2) is 0 Å². The molecule has 0 nitrogen and oxygen atoms in total. The van der Waals surface area contributed by atoms with Gasteiger partial charge >= 0.3 is 0 Å². The highest BCUT2D eigenvalue weighted by Gasteiger charge is 2.02. The molecule has 0 aliphatic heterocycles. The molecule has 1 rings (SSSR count). The molecule has 0 aliphatic rings. The fourth-order valence-electron chi connectivity index (χ4n) is 1.35. The van der Waals surface area contributed by atoms with Gasteiger partial charge in [0, 0.05) is 14.7 Å². The summed E-state index contributed by atoms with van der Waals surface area (Å²) in [7, 11) is 0. The van der Waals surface area contributed by atoms with Gasteiger partial charge < -0.3 is 0 Å². The van der Waals surface area contributed by atoms with Crippen molar-refractivity contribution >= 4 is 35.3 Å². The molecule has 0 heterocycles. The lowest BCUT2D eigenvalue weighted by atomic mass is 10.4. The van der Waals surface area contributed by atoms with Crippen LogP contribution in [0.4, 0.5) is 0 Å². The molecule has 3 heteroatoms. The van der Waals surface area contributed by atoms with Gasteiger partial charge in [-0.1, -0.05) is 20.8 Å². The molecule has 16 heavy (non-hydrogen) atoms. The van der Waals surface area contributed by atoms with Crippen LogP contribution in [0.3, 0.4) is 0 Å². The molecule has 0 atom stereocenters. The highest BCUT2D eigenvalue weighted by atomic mass is 32.2. The van der Waals surface area contributed by atoms with Gasteiger partial charge in [-0.15, -0.1) is 35.3 Å². The second-order valence-corrected chi connectivity index (χ2v) is 7.20. The van der Waals surface area contributed by atoms with Crippen molar-refractivity contribution in [3.8, 4) is 0 Å². The summed E-state index contributed by atoms with van der Waals surface area (Å²) < 4.78 is 0. The zero-order valence-corrected chi connectivity index (χ0v) is 12.7. The predicted octanol–water partition coefficient (Wildman–Crippen LogP) is 5.41. The molecular formula is C13H20S3. The first-order valence-corrected chi connectivity index (χ1v) is 8.79. The summed E-state index contributed by atoms with van der Waals surface area (Å²) in [5.74, 6) is 3.52. The van der Waals surface area contributed by atoms with Crippen LogP contribution in [0.2, 0.25) is 0 Å². The molecule has 0 bridgehead atoms. The Labute approximate surface area is 112 Å². The van der Waals surface area contributed by atoms with Crippen molar-refractivity contribution < 1.29 is 0 Å². The molecule has 0 spiro atoms. The molecule has 0 unspecified atom stereocenters. The van der Waals surface area contributed by atoms with E-state index in [-0.39, 0.29) is 0 Å². The van der Waals surface area contributed by atoms with E-state index < -0.39 is 0 Å². The molecule has 90 valence electrons. The summed E-state index contributed by atoms with van der Waals surface area (Å²) in [6.07, 6.45) is 1.24. The van der Waals surface area contributed by atoms with Gasteiger partial charge in [0.2, 0.25) is 0 Å². The van der Waals surface area contributed by atoms with Gasteiger partial charge in [0.05, 0.1) is 0 Å². The van der Waals surface area contributed by atoms with E-state index in [4.69, 9.17) is 0 Å². The van der Waals surface area contributed by atoms with Crippen molar-refractivity contribution in [3.05, 3.63) is 18.2 Å². The normalized spacial score (nSPS) is 10.7. The van der Waals surface area contributed by atoms with Gasteiger partial charge in [0.15, 0.2) is 0 Å². The summed E-state index contributed by atoms with van der Waals surface area (Å²) >= 11 is 5.85. The minimum Gasteiger partial charge on any atom is -0.126 e. The first-order chi connectivity index (χ1) is 7.80. The lowest BCUT2D eigenvalue weighted by Gasteiger charge is -2.07. The van der Waals surface area contributed by atoms with E-state index >= 15 is 0 Å². The molecule has 1 aromatic carbocycles. The largest absolute Gasteiger partial charge is 0.126 e. The average Bonchev–Trinajstić information content (AvgIpc) is 2.27. The first-order valence-electron chi connectivity index (χ1n) is 5.83. The fraction of sp³-hybridized carbons (Fsp3) is 0.538. The third kappa shape index (κ3) is 5.07. The first kappa shape index (κ1) is 14.3. The lowest BCUT2D eigenvalue weighted by molar-refractivity contribution is 1.10. The summed E-state index contributed by atoms with van der Waals surface area (Å²) in [5, 5.41) is 0. The van der Waals surface area contributed by atoms with Crippen LogP contribution < -0.4 is 0 Å². The van der Waals surface area contributed by atoms with Crippen molar-refractivity contribution in [1.29, 1.82) is 0 Å². The van der Waals surface area contributed by atoms with Gasteiger partial charge in [0.1, 0.15) is 0 Å². The Hall–Kier alpha value is 0.270. The topological polar surface area (TPSA) is 0 Å². The summed E-state index contributed by atoms with van der Waals surface area (Å²) in [4.78, 5) is 4.26. The standard InChI is InChI=1S/C13H20S3/c1-4-7-16-13-9-11(14-5-2)8-12(10-13)15-6-3/h8-10H,4-7H2,1-3H3. The maximum Gasteiger partial charge on any atom is 0.00942 e. The molecule has 1 aromatic rings.